The fourth-order valence-corrected chi connectivity index (χ4v) is 2.63. The Morgan fingerprint density at radius 2 is 1.93 bits per heavy atom. The summed E-state index contributed by atoms with van der Waals surface area (Å²) < 4.78 is 0. The number of aryl methyl sites for hydroxylation is 2. The number of aromatic nitrogens is 4. The van der Waals surface area contributed by atoms with Gasteiger partial charge in [-0.05, 0) is 44.0 Å². The van der Waals surface area contributed by atoms with E-state index >= 15 is 0 Å². The maximum Gasteiger partial charge on any atom is 0.323 e. The van der Waals surface area contributed by atoms with Gasteiger partial charge in [0.2, 0.25) is 5.78 Å². The fourth-order valence-electron chi connectivity index (χ4n) is 2.63. The van der Waals surface area contributed by atoms with Crippen molar-refractivity contribution in [1.82, 2.24) is 25.3 Å². The molecule has 0 aliphatic carbocycles. The van der Waals surface area contributed by atoms with Crippen LogP contribution in [0.2, 0.25) is 0 Å². The molecule has 0 fully saturated rings. The minimum Gasteiger partial charge on any atom is -0.348 e. The highest BCUT2D eigenvalue weighted by Crippen LogP contribution is 2.13. The van der Waals surface area contributed by atoms with Crippen LogP contribution in [0.25, 0.3) is 0 Å². The van der Waals surface area contributed by atoms with E-state index in [-0.39, 0.29) is 17.5 Å². The molecule has 0 saturated heterocycles. The molecule has 0 unspecified atom stereocenters. The van der Waals surface area contributed by atoms with E-state index in [0.29, 0.717) is 23.5 Å². The second-order valence-corrected chi connectivity index (χ2v) is 6.05. The Morgan fingerprint density at radius 1 is 1.15 bits per heavy atom. The molecule has 0 aliphatic rings. The number of hydrogen-bond donors (Lipinski definition) is 5. The van der Waals surface area contributed by atoms with Crippen molar-refractivity contribution in [2.24, 2.45) is 0 Å². The van der Waals surface area contributed by atoms with Gasteiger partial charge in [0.1, 0.15) is 5.69 Å². The molecule has 140 valence electrons. The molecule has 2 heterocycles. The van der Waals surface area contributed by atoms with Gasteiger partial charge in [0.25, 0.3) is 0 Å². The van der Waals surface area contributed by atoms with E-state index in [4.69, 9.17) is 0 Å². The smallest absolute Gasteiger partial charge is 0.323 e. The van der Waals surface area contributed by atoms with Gasteiger partial charge in [-0.2, -0.15) is 0 Å². The Kier molecular flexibility index (Phi) is 5.50. The van der Waals surface area contributed by atoms with Gasteiger partial charge in [0, 0.05) is 35.4 Å². The molecule has 27 heavy (non-hydrogen) atoms. The standard InChI is InChI=1S/C18H20N6O3/c1-11-15(24-18(27)22-11)16(25)12-4-6-13(7-5-12)23-17(26)20-8-2-3-14-9-19-10-21-14/h4-7,9-10H,2-3,8H2,1H3,(H,19,21)(H2,20,23,26)(H2,22,24,27). The Morgan fingerprint density at radius 3 is 2.56 bits per heavy atom. The summed E-state index contributed by atoms with van der Waals surface area (Å²) in [6, 6.07) is 6.15. The average Bonchev–Trinajstić information content (AvgIpc) is 3.28. The lowest BCUT2D eigenvalue weighted by Gasteiger charge is -2.08. The zero-order chi connectivity index (χ0) is 19.2. The number of hydrogen-bond acceptors (Lipinski definition) is 4. The molecule has 5 N–H and O–H groups in total. The van der Waals surface area contributed by atoms with E-state index in [1.807, 2.05) is 0 Å². The molecule has 2 amide bonds. The van der Waals surface area contributed by atoms with Crippen LogP contribution in [0.4, 0.5) is 10.5 Å². The van der Waals surface area contributed by atoms with Crippen LogP contribution in [-0.2, 0) is 6.42 Å². The molecule has 0 radical (unpaired) electrons. The number of urea groups is 1. The number of nitrogens with one attached hydrogen (secondary N) is 5. The van der Waals surface area contributed by atoms with E-state index in [1.54, 1.807) is 43.7 Å². The number of rotatable bonds is 7. The van der Waals surface area contributed by atoms with E-state index in [1.165, 1.54) is 0 Å². The zero-order valence-electron chi connectivity index (χ0n) is 14.8. The Balaban J connectivity index is 1.49. The maximum absolute atomic E-state index is 12.4. The van der Waals surface area contributed by atoms with Crippen LogP contribution in [0.5, 0.6) is 0 Å². The summed E-state index contributed by atoms with van der Waals surface area (Å²) in [6.07, 6.45) is 4.97. The van der Waals surface area contributed by atoms with Gasteiger partial charge in [-0.25, -0.2) is 14.6 Å². The van der Waals surface area contributed by atoms with Crippen LogP contribution in [-0.4, -0.2) is 38.3 Å². The zero-order valence-corrected chi connectivity index (χ0v) is 14.8. The van der Waals surface area contributed by atoms with Crippen molar-refractivity contribution in [3.63, 3.8) is 0 Å². The van der Waals surface area contributed by atoms with E-state index in [9.17, 15) is 14.4 Å². The van der Waals surface area contributed by atoms with Crippen LogP contribution < -0.4 is 16.3 Å². The van der Waals surface area contributed by atoms with Crippen LogP contribution in [0.15, 0.2) is 41.6 Å². The molecule has 0 atom stereocenters. The molecule has 0 spiro atoms. The summed E-state index contributed by atoms with van der Waals surface area (Å²) in [5.41, 5.74) is 2.31. The monoisotopic (exact) mass is 368 g/mol. The number of aromatic amines is 3. The van der Waals surface area contributed by atoms with Crippen molar-refractivity contribution >= 4 is 17.5 Å². The second kappa shape index (κ2) is 8.17. The van der Waals surface area contributed by atoms with Gasteiger partial charge in [0.05, 0.1) is 6.33 Å². The van der Waals surface area contributed by atoms with Crippen LogP contribution in [0.3, 0.4) is 0 Å². The summed E-state index contributed by atoms with van der Waals surface area (Å²) in [6.45, 7) is 2.18. The number of nitrogens with zero attached hydrogens (tertiary/aromatic N) is 1. The quantitative estimate of drug-likeness (QED) is 0.320. The first-order valence-corrected chi connectivity index (χ1v) is 8.48. The maximum atomic E-state index is 12.4. The summed E-state index contributed by atoms with van der Waals surface area (Å²) in [7, 11) is 0. The topological polar surface area (TPSA) is 136 Å². The highest BCUT2D eigenvalue weighted by Gasteiger charge is 2.14. The minimum atomic E-state index is -0.418. The molecule has 1 aromatic carbocycles. The third-order valence-corrected chi connectivity index (χ3v) is 4.01. The number of imidazole rings is 2. The van der Waals surface area contributed by atoms with Gasteiger partial charge in [-0.1, -0.05) is 0 Å². The molecule has 9 nitrogen and oxygen atoms in total. The van der Waals surface area contributed by atoms with E-state index < -0.39 is 5.69 Å². The van der Waals surface area contributed by atoms with Crippen molar-refractivity contribution < 1.29 is 9.59 Å². The first-order chi connectivity index (χ1) is 13.0. The number of carbonyl (C=O) groups excluding carboxylic acids is 2. The van der Waals surface area contributed by atoms with Gasteiger partial charge < -0.3 is 25.6 Å². The molecule has 0 aliphatic heterocycles. The Labute approximate surface area is 154 Å². The highest BCUT2D eigenvalue weighted by molar-refractivity contribution is 6.08. The largest absolute Gasteiger partial charge is 0.348 e. The minimum absolute atomic E-state index is 0.232. The van der Waals surface area contributed by atoms with Gasteiger partial charge >= 0.3 is 11.7 Å². The average molecular weight is 368 g/mol. The number of ketones is 1. The van der Waals surface area contributed by atoms with Crippen LogP contribution in [0, 0.1) is 6.92 Å². The Hall–Kier alpha value is -3.62. The van der Waals surface area contributed by atoms with E-state index in [2.05, 4.69) is 30.6 Å². The van der Waals surface area contributed by atoms with Crippen molar-refractivity contribution in [3.05, 3.63) is 69.9 Å². The summed E-state index contributed by atoms with van der Waals surface area (Å²) >= 11 is 0. The molecular formula is C18H20N6O3. The number of amides is 2. The van der Waals surface area contributed by atoms with Crippen molar-refractivity contribution in [1.29, 1.82) is 0 Å². The molecule has 0 bridgehead atoms. The summed E-state index contributed by atoms with van der Waals surface area (Å²) in [5.74, 6) is -0.291. The second-order valence-electron chi connectivity index (χ2n) is 6.05. The molecule has 2 aromatic heterocycles. The number of benzene rings is 1. The normalized spacial score (nSPS) is 10.6. The first-order valence-electron chi connectivity index (χ1n) is 8.48. The molecule has 9 heteroatoms. The van der Waals surface area contributed by atoms with E-state index in [0.717, 1.165) is 18.5 Å². The number of anilines is 1. The van der Waals surface area contributed by atoms with Gasteiger partial charge in [0.15, 0.2) is 0 Å². The summed E-state index contributed by atoms with van der Waals surface area (Å²) in [4.78, 5) is 47.5. The van der Waals surface area contributed by atoms with Crippen molar-refractivity contribution in [2.45, 2.75) is 19.8 Å². The number of H-pyrrole nitrogens is 3. The molecule has 3 rings (SSSR count). The summed E-state index contributed by atoms with van der Waals surface area (Å²) in [5, 5.41) is 5.48. The predicted molar refractivity (Wildman–Crippen MR) is 100.0 cm³/mol. The highest BCUT2D eigenvalue weighted by atomic mass is 16.2. The third-order valence-electron chi connectivity index (χ3n) is 4.01. The Bertz CT molecular complexity index is 969. The molecule has 3 aromatic rings. The van der Waals surface area contributed by atoms with Crippen LogP contribution >= 0.6 is 0 Å². The van der Waals surface area contributed by atoms with Crippen molar-refractivity contribution in [2.75, 3.05) is 11.9 Å². The SMILES string of the molecule is Cc1[nH]c(=O)[nH]c1C(=O)c1ccc(NC(=O)NCCCc2cnc[nH]2)cc1. The van der Waals surface area contributed by atoms with Gasteiger partial charge in [-0.3, -0.25) is 4.79 Å². The predicted octanol–water partition coefficient (Wildman–Crippen LogP) is 1.72. The van der Waals surface area contributed by atoms with Crippen LogP contribution in [0.1, 0.15) is 33.9 Å². The first kappa shape index (κ1) is 18.2. The molecule has 0 saturated carbocycles. The van der Waals surface area contributed by atoms with Crippen molar-refractivity contribution in [3.8, 4) is 0 Å². The van der Waals surface area contributed by atoms with Gasteiger partial charge in [-0.15, -0.1) is 0 Å². The lowest BCUT2D eigenvalue weighted by Crippen LogP contribution is -2.29. The number of carbonyl (C=O) groups is 2. The third kappa shape index (κ3) is 4.72. The lowest BCUT2D eigenvalue weighted by molar-refractivity contribution is 0.103. The lowest BCUT2D eigenvalue weighted by atomic mass is 10.1. The fraction of sp³-hybridized carbons (Fsp3) is 0.222. The molecular weight excluding hydrogens is 348 g/mol.